The van der Waals surface area contributed by atoms with Gasteiger partial charge in [0.25, 0.3) is 0 Å². The largest absolute Gasteiger partial charge is 0.462 e. The second-order valence-corrected chi connectivity index (χ2v) is 6.65. The number of hydrogen-bond acceptors (Lipinski definition) is 5. The van der Waals surface area contributed by atoms with Crippen LogP contribution in [0.3, 0.4) is 0 Å². The number of nitrogens with zero attached hydrogens (tertiary/aromatic N) is 4. The molecule has 0 saturated heterocycles. The van der Waals surface area contributed by atoms with E-state index >= 15 is 0 Å². The Bertz CT molecular complexity index is 1010. The van der Waals surface area contributed by atoms with Crippen LogP contribution in [0.2, 0.25) is 0 Å². The molecule has 0 unspecified atom stereocenters. The van der Waals surface area contributed by atoms with Gasteiger partial charge in [-0.25, -0.2) is 4.79 Å². The molecule has 0 aliphatic rings. The Labute approximate surface area is 158 Å². The summed E-state index contributed by atoms with van der Waals surface area (Å²) in [6, 6.07) is 11.4. The normalized spacial score (nSPS) is 10.9. The van der Waals surface area contributed by atoms with Crippen LogP contribution in [0.5, 0.6) is 0 Å². The Kier molecular flexibility index (Phi) is 5.51. The summed E-state index contributed by atoms with van der Waals surface area (Å²) in [6.45, 7) is 6.51. The van der Waals surface area contributed by atoms with Crippen molar-refractivity contribution in [1.82, 2.24) is 14.8 Å². The fourth-order valence-corrected chi connectivity index (χ4v) is 2.88. The molecule has 2 aromatic heterocycles. The molecule has 0 saturated carbocycles. The summed E-state index contributed by atoms with van der Waals surface area (Å²) < 4.78 is 7.11. The van der Waals surface area contributed by atoms with Gasteiger partial charge in [-0.2, -0.15) is 10.4 Å². The van der Waals surface area contributed by atoms with E-state index in [0.717, 1.165) is 29.3 Å². The number of pyridine rings is 1. The van der Waals surface area contributed by atoms with E-state index in [1.54, 1.807) is 18.3 Å². The number of ether oxygens (including phenoxy) is 1. The first-order valence-electron chi connectivity index (χ1n) is 9.11. The summed E-state index contributed by atoms with van der Waals surface area (Å²) in [5, 5.41) is 14.6. The fourth-order valence-electron chi connectivity index (χ4n) is 2.88. The highest BCUT2D eigenvalue weighted by Crippen LogP contribution is 2.27. The minimum Gasteiger partial charge on any atom is -0.462 e. The maximum atomic E-state index is 12.2. The van der Waals surface area contributed by atoms with Gasteiger partial charge < -0.3 is 4.74 Å². The first-order chi connectivity index (χ1) is 13.0. The summed E-state index contributed by atoms with van der Waals surface area (Å²) in [4.78, 5) is 16.6. The molecule has 0 radical (unpaired) electrons. The van der Waals surface area contributed by atoms with Crippen LogP contribution in [0.25, 0.3) is 22.2 Å². The lowest BCUT2D eigenvalue weighted by atomic mass is 10.1. The molecule has 0 amide bonds. The Morgan fingerprint density at radius 3 is 2.81 bits per heavy atom. The molecule has 1 aromatic carbocycles. The van der Waals surface area contributed by atoms with Gasteiger partial charge in [0.15, 0.2) is 5.69 Å². The van der Waals surface area contributed by atoms with E-state index in [1.807, 2.05) is 43.7 Å². The summed E-state index contributed by atoms with van der Waals surface area (Å²) in [7, 11) is 0. The average Bonchev–Trinajstić information content (AvgIpc) is 3.06. The van der Waals surface area contributed by atoms with Crippen molar-refractivity contribution in [3.63, 3.8) is 0 Å². The molecule has 0 aliphatic carbocycles. The van der Waals surface area contributed by atoms with Crippen molar-refractivity contribution in [2.45, 2.75) is 39.7 Å². The molecule has 6 heteroatoms. The van der Waals surface area contributed by atoms with Gasteiger partial charge in [-0.3, -0.25) is 9.67 Å². The lowest BCUT2D eigenvalue weighted by Gasteiger charge is -2.08. The second-order valence-electron chi connectivity index (χ2n) is 6.65. The molecule has 0 spiro atoms. The molecule has 27 heavy (non-hydrogen) atoms. The zero-order chi connectivity index (χ0) is 19.4. The monoisotopic (exact) mass is 362 g/mol. The number of carbonyl (C=O) groups excluding carboxylic acids is 1. The van der Waals surface area contributed by atoms with Gasteiger partial charge in [0, 0.05) is 23.2 Å². The predicted molar refractivity (Wildman–Crippen MR) is 103 cm³/mol. The topological polar surface area (TPSA) is 80.8 Å². The minimum absolute atomic E-state index is 0.153. The van der Waals surface area contributed by atoms with Crippen molar-refractivity contribution in [1.29, 1.82) is 5.26 Å². The predicted octanol–water partition coefficient (Wildman–Crippen LogP) is 4.51. The molecule has 0 aliphatic heterocycles. The zero-order valence-corrected chi connectivity index (χ0v) is 15.8. The van der Waals surface area contributed by atoms with E-state index in [4.69, 9.17) is 4.74 Å². The highest BCUT2D eigenvalue weighted by Gasteiger charge is 2.15. The first-order valence-corrected chi connectivity index (χ1v) is 9.11. The molecule has 2 heterocycles. The van der Waals surface area contributed by atoms with Crippen LogP contribution in [0.1, 0.15) is 55.7 Å². The van der Waals surface area contributed by atoms with Crippen LogP contribution < -0.4 is 0 Å². The van der Waals surface area contributed by atoms with Crippen LogP contribution >= 0.6 is 0 Å². The average molecular weight is 362 g/mol. The molecule has 0 bridgehead atoms. The summed E-state index contributed by atoms with van der Waals surface area (Å²) in [5.41, 5.74) is 3.24. The van der Waals surface area contributed by atoms with Gasteiger partial charge in [-0.05, 0) is 44.5 Å². The van der Waals surface area contributed by atoms with Crippen molar-refractivity contribution in [2.75, 3.05) is 6.61 Å². The van der Waals surface area contributed by atoms with Gasteiger partial charge >= 0.3 is 5.97 Å². The van der Waals surface area contributed by atoms with Crippen LogP contribution in [0.4, 0.5) is 0 Å². The molecule has 6 nitrogen and oxygen atoms in total. The molecule has 0 N–H and O–H groups in total. The molecule has 0 fully saturated rings. The third-order valence-electron chi connectivity index (χ3n) is 4.32. The number of unbranched alkanes of at least 4 members (excludes halogenated alkanes) is 1. The molecule has 138 valence electrons. The maximum absolute atomic E-state index is 12.2. The van der Waals surface area contributed by atoms with E-state index in [0.29, 0.717) is 23.6 Å². The van der Waals surface area contributed by atoms with Crippen molar-refractivity contribution in [3.05, 3.63) is 47.8 Å². The maximum Gasteiger partial charge on any atom is 0.338 e. The highest BCUT2D eigenvalue weighted by atomic mass is 16.5. The summed E-state index contributed by atoms with van der Waals surface area (Å²) in [6.07, 6.45) is 3.41. The number of carbonyl (C=O) groups is 1. The van der Waals surface area contributed by atoms with Gasteiger partial charge in [0.1, 0.15) is 6.07 Å². The Hall–Kier alpha value is -3.20. The van der Waals surface area contributed by atoms with E-state index in [-0.39, 0.29) is 12.0 Å². The Balaban J connectivity index is 1.97. The lowest BCUT2D eigenvalue weighted by molar-refractivity contribution is 0.0499. The van der Waals surface area contributed by atoms with Gasteiger partial charge in [0.05, 0.1) is 23.4 Å². The summed E-state index contributed by atoms with van der Waals surface area (Å²) in [5.74, 6) is -0.349. The van der Waals surface area contributed by atoms with E-state index in [9.17, 15) is 10.1 Å². The molecule has 0 atom stereocenters. The van der Waals surface area contributed by atoms with Gasteiger partial charge in [0.2, 0.25) is 0 Å². The van der Waals surface area contributed by atoms with Crippen molar-refractivity contribution < 1.29 is 9.53 Å². The SMILES string of the molecule is CCCCOC(=O)c1ccnc(-c2ccc3c(c2)c(C#N)nn3C(C)C)c1. The smallest absolute Gasteiger partial charge is 0.338 e. The zero-order valence-electron chi connectivity index (χ0n) is 15.8. The number of benzene rings is 1. The number of nitriles is 1. The fraction of sp³-hybridized carbons (Fsp3) is 0.333. The van der Waals surface area contributed by atoms with Crippen LogP contribution in [-0.4, -0.2) is 27.3 Å². The molecular formula is C21H22N4O2. The minimum atomic E-state index is -0.349. The van der Waals surface area contributed by atoms with Crippen molar-refractivity contribution in [2.24, 2.45) is 0 Å². The number of fused-ring (bicyclic) bond motifs is 1. The van der Waals surface area contributed by atoms with E-state index < -0.39 is 0 Å². The summed E-state index contributed by atoms with van der Waals surface area (Å²) >= 11 is 0. The Morgan fingerprint density at radius 1 is 1.30 bits per heavy atom. The van der Waals surface area contributed by atoms with Crippen molar-refractivity contribution >= 4 is 16.9 Å². The first kappa shape index (κ1) is 18.6. The van der Waals surface area contributed by atoms with Crippen molar-refractivity contribution in [3.8, 4) is 17.3 Å². The third kappa shape index (κ3) is 3.82. The van der Waals surface area contributed by atoms with Gasteiger partial charge in [-0.1, -0.05) is 19.4 Å². The number of aromatic nitrogens is 3. The molecular weight excluding hydrogens is 340 g/mol. The molecule has 3 rings (SSSR count). The third-order valence-corrected chi connectivity index (χ3v) is 4.32. The number of rotatable bonds is 6. The van der Waals surface area contributed by atoms with Crippen LogP contribution in [-0.2, 0) is 4.74 Å². The quantitative estimate of drug-likeness (QED) is 0.476. The number of hydrogen-bond donors (Lipinski definition) is 0. The lowest BCUT2D eigenvalue weighted by Crippen LogP contribution is -2.06. The Morgan fingerprint density at radius 2 is 2.11 bits per heavy atom. The van der Waals surface area contributed by atoms with Gasteiger partial charge in [-0.15, -0.1) is 0 Å². The van der Waals surface area contributed by atoms with E-state index in [2.05, 4.69) is 16.2 Å². The highest BCUT2D eigenvalue weighted by molar-refractivity contribution is 5.92. The second kappa shape index (κ2) is 8.00. The van der Waals surface area contributed by atoms with Crippen LogP contribution in [0.15, 0.2) is 36.5 Å². The number of esters is 1. The molecule has 3 aromatic rings. The van der Waals surface area contributed by atoms with Crippen LogP contribution in [0, 0.1) is 11.3 Å². The van der Waals surface area contributed by atoms with E-state index in [1.165, 1.54) is 0 Å². The standard InChI is InChI=1S/C21H22N4O2/c1-4-5-10-27-21(26)16-8-9-23-18(12-16)15-6-7-20-17(11-15)19(13-22)24-25(20)14(2)3/h6-9,11-12,14H,4-5,10H2,1-3H3.